The monoisotopic (exact) mass is 338 g/mol. The summed E-state index contributed by atoms with van der Waals surface area (Å²) < 4.78 is 5.29. The molecule has 1 N–H and O–H groups in total. The molecule has 6 nitrogen and oxygen atoms in total. The van der Waals surface area contributed by atoms with Crippen LogP contribution in [0.4, 0.5) is 4.79 Å². The Bertz CT molecular complexity index is 768. The predicted octanol–water partition coefficient (Wildman–Crippen LogP) is 2.10. The minimum atomic E-state index is -0.670. The van der Waals surface area contributed by atoms with Gasteiger partial charge in [0.1, 0.15) is 17.9 Å². The van der Waals surface area contributed by atoms with Crippen LogP contribution >= 0.6 is 0 Å². The SMILES string of the molecule is C#CCOc1ccc(/C=C2\C(=O)NC(=O)N(C3CCCC3)C2=O)cc1. The van der Waals surface area contributed by atoms with E-state index in [1.165, 1.54) is 11.0 Å². The van der Waals surface area contributed by atoms with Crippen LogP contribution < -0.4 is 10.1 Å². The number of amides is 4. The molecule has 1 aliphatic carbocycles. The van der Waals surface area contributed by atoms with E-state index in [2.05, 4.69) is 11.2 Å². The third-order valence-corrected chi connectivity index (χ3v) is 4.34. The smallest absolute Gasteiger partial charge is 0.331 e. The summed E-state index contributed by atoms with van der Waals surface area (Å²) in [6.07, 6.45) is 10.1. The number of nitrogens with one attached hydrogen (secondary N) is 1. The van der Waals surface area contributed by atoms with Crippen molar-refractivity contribution in [3.63, 3.8) is 0 Å². The number of hydrogen-bond donors (Lipinski definition) is 1. The van der Waals surface area contributed by atoms with Gasteiger partial charge < -0.3 is 4.74 Å². The fourth-order valence-electron chi connectivity index (χ4n) is 3.12. The van der Waals surface area contributed by atoms with Crippen molar-refractivity contribution in [3.8, 4) is 18.1 Å². The van der Waals surface area contributed by atoms with Crippen LogP contribution in [0.1, 0.15) is 31.2 Å². The molecule has 4 amide bonds. The first-order valence-corrected chi connectivity index (χ1v) is 8.17. The molecule has 0 bridgehead atoms. The molecule has 0 atom stereocenters. The lowest BCUT2D eigenvalue weighted by atomic mass is 10.1. The minimum absolute atomic E-state index is 0.0382. The number of hydrogen-bond acceptors (Lipinski definition) is 4. The number of barbiturate groups is 1. The molecular formula is C19H18N2O4. The summed E-state index contributed by atoms with van der Waals surface area (Å²) in [5.74, 6) is 1.77. The standard InChI is InChI=1S/C19H18N2O4/c1-2-11-25-15-9-7-13(8-10-15)12-16-17(22)20-19(24)21(18(16)23)14-5-3-4-6-14/h1,7-10,12,14H,3-6,11H2,(H,20,22,24)/b16-12+. The molecule has 2 fully saturated rings. The van der Waals surface area contributed by atoms with Crippen molar-refractivity contribution in [2.24, 2.45) is 0 Å². The largest absolute Gasteiger partial charge is 0.481 e. The highest BCUT2D eigenvalue weighted by atomic mass is 16.5. The van der Waals surface area contributed by atoms with E-state index in [1.54, 1.807) is 24.3 Å². The number of rotatable bonds is 4. The summed E-state index contributed by atoms with van der Waals surface area (Å²) in [7, 11) is 0. The van der Waals surface area contributed by atoms with Crippen LogP contribution in [-0.2, 0) is 9.59 Å². The number of urea groups is 1. The first-order chi connectivity index (χ1) is 12.1. The number of nitrogens with zero attached hydrogens (tertiary/aromatic N) is 1. The van der Waals surface area contributed by atoms with Crippen molar-refractivity contribution in [2.75, 3.05) is 6.61 Å². The van der Waals surface area contributed by atoms with E-state index in [-0.39, 0.29) is 18.2 Å². The third-order valence-electron chi connectivity index (χ3n) is 4.34. The van der Waals surface area contributed by atoms with Crippen LogP contribution in [0.15, 0.2) is 29.8 Å². The molecule has 1 saturated carbocycles. The second-order valence-corrected chi connectivity index (χ2v) is 5.99. The topological polar surface area (TPSA) is 75.7 Å². The fourth-order valence-corrected chi connectivity index (χ4v) is 3.12. The zero-order valence-electron chi connectivity index (χ0n) is 13.7. The summed E-state index contributed by atoms with van der Waals surface area (Å²) in [5, 5.41) is 2.26. The van der Waals surface area contributed by atoms with E-state index >= 15 is 0 Å². The highest BCUT2D eigenvalue weighted by Crippen LogP contribution is 2.27. The Morgan fingerprint density at radius 1 is 1.20 bits per heavy atom. The molecule has 6 heteroatoms. The lowest BCUT2D eigenvalue weighted by Gasteiger charge is -2.31. The van der Waals surface area contributed by atoms with Gasteiger partial charge in [-0.15, -0.1) is 6.42 Å². The highest BCUT2D eigenvalue weighted by Gasteiger charge is 2.40. The average molecular weight is 338 g/mol. The van der Waals surface area contributed by atoms with E-state index in [4.69, 9.17) is 11.2 Å². The minimum Gasteiger partial charge on any atom is -0.481 e. The molecule has 0 radical (unpaired) electrons. The first-order valence-electron chi connectivity index (χ1n) is 8.17. The number of ether oxygens (including phenoxy) is 1. The molecule has 0 aromatic heterocycles. The van der Waals surface area contributed by atoms with Crippen molar-refractivity contribution >= 4 is 23.9 Å². The maximum atomic E-state index is 12.7. The van der Waals surface area contributed by atoms with Crippen molar-refractivity contribution < 1.29 is 19.1 Å². The molecule has 1 heterocycles. The Kier molecular flexibility index (Phi) is 4.85. The zero-order chi connectivity index (χ0) is 17.8. The summed E-state index contributed by atoms with van der Waals surface area (Å²) in [4.78, 5) is 38.0. The van der Waals surface area contributed by atoms with E-state index in [0.29, 0.717) is 11.3 Å². The molecule has 1 saturated heterocycles. The molecule has 1 aromatic rings. The van der Waals surface area contributed by atoms with Crippen molar-refractivity contribution in [1.82, 2.24) is 10.2 Å². The summed E-state index contributed by atoms with van der Waals surface area (Å²) >= 11 is 0. The van der Waals surface area contributed by atoms with Crippen LogP contribution in [0.2, 0.25) is 0 Å². The highest BCUT2D eigenvalue weighted by molar-refractivity contribution is 6.31. The van der Waals surface area contributed by atoms with Crippen molar-refractivity contribution in [2.45, 2.75) is 31.7 Å². The number of carbonyl (C=O) groups excluding carboxylic acids is 3. The van der Waals surface area contributed by atoms with Gasteiger partial charge in [0.2, 0.25) is 0 Å². The zero-order valence-corrected chi connectivity index (χ0v) is 13.7. The van der Waals surface area contributed by atoms with E-state index in [9.17, 15) is 14.4 Å². The van der Waals surface area contributed by atoms with Gasteiger partial charge in [-0.2, -0.15) is 0 Å². The number of imide groups is 2. The normalized spacial score (nSPS) is 19.9. The van der Waals surface area contributed by atoms with Crippen LogP contribution in [-0.4, -0.2) is 35.4 Å². The quantitative estimate of drug-likeness (QED) is 0.518. The van der Waals surface area contributed by atoms with Gasteiger partial charge in [0.15, 0.2) is 0 Å². The summed E-state index contributed by atoms with van der Waals surface area (Å²) in [5.41, 5.74) is 0.621. The van der Waals surface area contributed by atoms with Gasteiger partial charge in [-0.05, 0) is 36.6 Å². The molecule has 1 aromatic carbocycles. The Morgan fingerprint density at radius 3 is 2.52 bits per heavy atom. The van der Waals surface area contributed by atoms with E-state index in [0.717, 1.165) is 25.7 Å². The van der Waals surface area contributed by atoms with Gasteiger partial charge in [-0.3, -0.25) is 19.8 Å². The van der Waals surface area contributed by atoms with Gasteiger partial charge in [0.25, 0.3) is 11.8 Å². The van der Waals surface area contributed by atoms with Gasteiger partial charge in [-0.25, -0.2) is 4.79 Å². The van der Waals surface area contributed by atoms with E-state index in [1.807, 2.05) is 0 Å². The number of terminal acetylenes is 1. The van der Waals surface area contributed by atoms with Crippen LogP contribution in [0.25, 0.3) is 6.08 Å². The second-order valence-electron chi connectivity index (χ2n) is 5.99. The average Bonchev–Trinajstić information content (AvgIpc) is 3.12. The van der Waals surface area contributed by atoms with Gasteiger partial charge in [0.05, 0.1) is 0 Å². The van der Waals surface area contributed by atoms with Crippen LogP contribution in [0.5, 0.6) is 5.75 Å². The Morgan fingerprint density at radius 2 is 1.88 bits per heavy atom. The molecule has 0 unspecified atom stereocenters. The summed E-state index contributed by atoms with van der Waals surface area (Å²) in [6, 6.07) is 6.08. The Balaban J connectivity index is 1.82. The number of benzene rings is 1. The van der Waals surface area contributed by atoms with Crippen molar-refractivity contribution in [1.29, 1.82) is 0 Å². The Hall–Kier alpha value is -3.07. The lowest BCUT2D eigenvalue weighted by molar-refractivity contribution is -0.131. The summed E-state index contributed by atoms with van der Waals surface area (Å²) in [6.45, 7) is 0.166. The number of carbonyl (C=O) groups is 3. The molecular weight excluding hydrogens is 320 g/mol. The third kappa shape index (κ3) is 3.56. The molecule has 3 rings (SSSR count). The van der Waals surface area contributed by atoms with Gasteiger partial charge in [0, 0.05) is 6.04 Å². The molecule has 128 valence electrons. The fraction of sp³-hybridized carbons (Fsp3) is 0.316. The van der Waals surface area contributed by atoms with Gasteiger partial charge in [-0.1, -0.05) is 30.9 Å². The van der Waals surface area contributed by atoms with Crippen LogP contribution in [0.3, 0.4) is 0 Å². The first kappa shape index (κ1) is 16.8. The predicted molar refractivity (Wildman–Crippen MR) is 91.4 cm³/mol. The second kappa shape index (κ2) is 7.22. The maximum absolute atomic E-state index is 12.7. The van der Waals surface area contributed by atoms with Crippen LogP contribution in [0, 0.1) is 12.3 Å². The molecule has 2 aliphatic rings. The Labute approximate surface area is 145 Å². The maximum Gasteiger partial charge on any atom is 0.331 e. The molecule has 0 spiro atoms. The van der Waals surface area contributed by atoms with Gasteiger partial charge >= 0.3 is 6.03 Å². The molecule has 25 heavy (non-hydrogen) atoms. The molecule has 1 aliphatic heterocycles. The van der Waals surface area contributed by atoms with Crippen molar-refractivity contribution in [3.05, 3.63) is 35.4 Å². The van der Waals surface area contributed by atoms with E-state index < -0.39 is 17.8 Å². The lowest BCUT2D eigenvalue weighted by Crippen LogP contribution is -2.57.